The summed E-state index contributed by atoms with van der Waals surface area (Å²) in [7, 11) is 0. The highest BCUT2D eigenvalue weighted by molar-refractivity contribution is 7.09. The second kappa shape index (κ2) is 21.3. The summed E-state index contributed by atoms with van der Waals surface area (Å²) < 4.78 is 17.9. The normalized spacial score (nSPS) is 16.6. The van der Waals surface area contributed by atoms with Crippen molar-refractivity contribution in [1.82, 2.24) is 25.0 Å². The number of aromatic hydroxyl groups is 1. The van der Waals surface area contributed by atoms with E-state index in [1.54, 1.807) is 17.4 Å². The Morgan fingerprint density at radius 1 is 1.07 bits per heavy atom. The molecule has 2 aromatic carbocycles. The number of nitrogens with one attached hydrogen (secondary N) is 2. The fourth-order valence-electron chi connectivity index (χ4n) is 7.84. The number of rotatable bonds is 20. The average molecular weight is 819 g/mol. The summed E-state index contributed by atoms with van der Waals surface area (Å²) in [6, 6.07) is 12.1. The number of hydrogen-bond acceptors (Lipinski definition) is 11. The lowest BCUT2D eigenvalue weighted by molar-refractivity contribution is -0.132. The van der Waals surface area contributed by atoms with Crippen LogP contribution in [0.1, 0.15) is 91.0 Å². The number of phenols is 1. The summed E-state index contributed by atoms with van der Waals surface area (Å²) in [5.74, 6) is 0.673. The van der Waals surface area contributed by atoms with Crippen molar-refractivity contribution in [3.05, 3.63) is 69.2 Å². The van der Waals surface area contributed by atoms with E-state index in [0.717, 1.165) is 75.3 Å². The number of nitrogens with zero attached hydrogens (tertiary/aromatic N) is 4. The first-order chi connectivity index (χ1) is 28.1. The maximum atomic E-state index is 13.3. The van der Waals surface area contributed by atoms with Crippen LogP contribution in [0.2, 0.25) is 0 Å². The van der Waals surface area contributed by atoms with Gasteiger partial charge >= 0.3 is 0 Å². The van der Waals surface area contributed by atoms with Gasteiger partial charge in [0.1, 0.15) is 17.1 Å². The molecule has 4 heterocycles. The van der Waals surface area contributed by atoms with E-state index in [4.69, 9.17) is 14.2 Å². The Bertz CT molecular complexity index is 1830. The molecule has 1 spiro atoms. The number of piperidine rings is 1. The second-order valence-corrected chi connectivity index (χ2v) is 16.9. The Morgan fingerprint density at radius 3 is 2.66 bits per heavy atom. The summed E-state index contributed by atoms with van der Waals surface area (Å²) in [4.78, 5) is 49.1. The van der Waals surface area contributed by atoms with Crippen LogP contribution in [0.5, 0.6) is 11.5 Å². The lowest BCUT2D eigenvalue weighted by Crippen LogP contribution is -2.58. The smallest absolute Gasteiger partial charge is 0.273 e. The third-order valence-electron chi connectivity index (χ3n) is 11.3. The molecule has 0 aliphatic carbocycles. The van der Waals surface area contributed by atoms with Gasteiger partial charge in [0, 0.05) is 57.1 Å². The zero-order valence-corrected chi connectivity index (χ0v) is 35.4. The molecule has 2 fully saturated rings. The largest absolute Gasteiger partial charge is 0.506 e. The SMILES string of the molecule is CCCCN(CCNCCc1ccc(O)c2c1OCC(=O)N2)C(=O)CCOCCc1cccc(CCN2CCC3(CC2)CN(C(=O)c2csc(C(C)C)n2)CCO3)c1. The summed E-state index contributed by atoms with van der Waals surface area (Å²) in [5.41, 5.74) is 4.07. The molecule has 316 valence electrons. The molecule has 0 bridgehead atoms. The first kappa shape index (κ1) is 43.5. The minimum atomic E-state index is -0.284. The number of morpholine rings is 1. The van der Waals surface area contributed by atoms with Gasteiger partial charge in [0.05, 0.1) is 43.4 Å². The number of aromatic nitrogens is 1. The van der Waals surface area contributed by atoms with E-state index in [-0.39, 0.29) is 35.7 Å². The van der Waals surface area contributed by atoms with Gasteiger partial charge in [-0.3, -0.25) is 14.4 Å². The number of ether oxygens (including phenoxy) is 3. The van der Waals surface area contributed by atoms with Gasteiger partial charge in [0.15, 0.2) is 12.4 Å². The van der Waals surface area contributed by atoms with Gasteiger partial charge in [-0.15, -0.1) is 11.3 Å². The molecule has 3 aliphatic rings. The average Bonchev–Trinajstić information content (AvgIpc) is 3.73. The minimum Gasteiger partial charge on any atom is -0.506 e. The highest BCUT2D eigenvalue weighted by Gasteiger charge is 2.41. The first-order valence-corrected chi connectivity index (χ1v) is 22.0. The van der Waals surface area contributed by atoms with Gasteiger partial charge in [-0.25, -0.2) is 4.98 Å². The minimum absolute atomic E-state index is 0.00926. The Labute approximate surface area is 347 Å². The van der Waals surface area contributed by atoms with Crippen LogP contribution in [0.4, 0.5) is 5.69 Å². The van der Waals surface area contributed by atoms with Crippen LogP contribution < -0.4 is 15.4 Å². The molecule has 0 saturated carbocycles. The second-order valence-electron chi connectivity index (χ2n) is 16.0. The number of carbonyl (C=O) groups excluding carboxylic acids is 3. The molecule has 0 unspecified atom stereocenters. The molecule has 1 aromatic heterocycles. The summed E-state index contributed by atoms with van der Waals surface area (Å²) in [5, 5.41) is 19.1. The van der Waals surface area contributed by atoms with Crippen LogP contribution in [-0.2, 0) is 38.3 Å². The van der Waals surface area contributed by atoms with Crippen LogP contribution in [-0.4, -0.2) is 133 Å². The van der Waals surface area contributed by atoms with E-state index in [1.807, 2.05) is 21.2 Å². The van der Waals surface area contributed by atoms with Crippen molar-refractivity contribution in [2.45, 2.75) is 83.7 Å². The maximum Gasteiger partial charge on any atom is 0.273 e. The van der Waals surface area contributed by atoms with Crippen LogP contribution in [0, 0.1) is 0 Å². The van der Waals surface area contributed by atoms with Gasteiger partial charge in [-0.2, -0.15) is 0 Å². The molecule has 0 radical (unpaired) electrons. The highest BCUT2D eigenvalue weighted by atomic mass is 32.1. The number of hydrogen-bond donors (Lipinski definition) is 3. The standard InChI is InChI=1S/C44H62N6O7S/c1-4-5-19-49(23-18-45-17-11-35-9-10-37(51)40-41(35)56-29-38(52)47-40)39(53)14-26-55-25-13-34-8-6-7-33(28-34)12-20-48-21-15-44(16-22-48)31-50(24-27-57-44)43(54)36-30-58-42(46-36)32(2)3/h6-10,28,30,32,45,51H,4-5,11-27,29,31H2,1-3H3,(H,47,52). The molecule has 3 amide bonds. The number of likely N-dealkylation sites (tertiary alicyclic amines) is 1. The predicted octanol–water partition coefficient (Wildman–Crippen LogP) is 5.26. The first-order valence-electron chi connectivity index (χ1n) is 21.2. The van der Waals surface area contributed by atoms with Crippen molar-refractivity contribution >= 4 is 34.7 Å². The molecule has 2 saturated heterocycles. The molecule has 6 rings (SSSR count). The summed E-state index contributed by atoms with van der Waals surface area (Å²) in [6.45, 7) is 14.6. The Kier molecular flexibility index (Phi) is 15.9. The Morgan fingerprint density at radius 2 is 1.88 bits per heavy atom. The quantitative estimate of drug-likeness (QED) is 0.102. The molecule has 3 aliphatic heterocycles. The molecule has 3 N–H and O–H groups in total. The number of anilines is 1. The molecule has 14 heteroatoms. The summed E-state index contributed by atoms with van der Waals surface area (Å²) >= 11 is 1.57. The van der Waals surface area contributed by atoms with E-state index in [2.05, 4.69) is 65.6 Å². The molecule has 13 nitrogen and oxygen atoms in total. The molecule has 3 aromatic rings. The zero-order chi connectivity index (χ0) is 40.9. The maximum absolute atomic E-state index is 13.3. The van der Waals surface area contributed by atoms with Gasteiger partial charge < -0.3 is 44.7 Å². The molecular weight excluding hydrogens is 757 g/mol. The van der Waals surface area contributed by atoms with Crippen LogP contribution in [0.3, 0.4) is 0 Å². The number of amides is 3. The van der Waals surface area contributed by atoms with Gasteiger partial charge in [0.2, 0.25) is 5.91 Å². The monoisotopic (exact) mass is 818 g/mol. The number of benzene rings is 2. The van der Waals surface area contributed by atoms with E-state index >= 15 is 0 Å². The topological polar surface area (TPSA) is 146 Å². The van der Waals surface area contributed by atoms with Gasteiger partial charge in [-0.05, 0) is 67.8 Å². The van der Waals surface area contributed by atoms with Crippen molar-refractivity contribution in [3.63, 3.8) is 0 Å². The van der Waals surface area contributed by atoms with E-state index in [1.165, 1.54) is 11.1 Å². The fourth-order valence-corrected chi connectivity index (χ4v) is 8.65. The van der Waals surface area contributed by atoms with E-state index in [0.29, 0.717) is 88.4 Å². The molecular formula is C44H62N6O7S. The number of thiazole rings is 1. The van der Waals surface area contributed by atoms with Crippen LogP contribution >= 0.6 is 11.3 Å². The van der Waals surface area contributed by atoms with Crippen molar-refractivity contribution < 1.29 is 33.7 Å². The van der Waals surface area contributed by atoms with Crippen LogP contribution in [0.15, 0.2) is 41.8 Å². The Hall–Kier alpha value is -4.08. The van der Waals surface area contributed by atoms with Crippen LogP contribution in [0.25, 0.3) is 0 Å². The van der Waals surface area contributed by atoms with Crippen molar-refractivity contribution in [1.29, 1.82) is 0 Å². The molecule has 58 heavy (non-hydrogen) atoms. The number of carbonyl (C=O) groups is 3. The Balaban J connectivity index is 0.856. The zero-order valence-electron chi connectivity index (χ0n) is 34.6. The number of unbranched alkanes of at least 4 members (excludes halogenated alkanes) is 1. The highest BCUT2D eigenvalue weighted by Crippen LogP contribution is 2.39. The number of fused-ring (bicyclic) bond motifs is 1. The lowest BCUT2D eigenvalue weighted by Gasteiger charge is -2.47. The van der Waals surface area contributed by atoms with Gasteiger partial charge in [0.25, 0.3) is 11.8 Å². The predicted molar refractivity (Wildman–Crippen MR) is 226 cm³/mol. The van der Waals surface area contributed by atoms with Gasteiger partial charge in [-0.1, -0.05) is 57.5 Å². The van der Waals surface area contributed by atoms with Crippen molar-refractivity contribution in [2.75, 3.05) is 90.6 Å². The molecule has 0 atom stereocenters. The van der Waals surface area contributed by atoms with Crippen molar-refractivity contribution in [2.24, 2.45) is 0 Å². The fraction of sp³-hybridized carbons (Fsp3) is 0.591. The third kappa shape index (κ3) is 12.0. The third-order valence-corrected chi connectivity index (χ3v) is 12.5. The van der Waals surface area contributed by atoms with Crippen molar-refractivity contribution in [3.8, 4) is 11.5 Å². The lowest BCUT2D eigenvalue weighted by atomic mass is 9.89. The number of phenolic OH excluding ortho intramolecular Hbond substituents is 1. The summed E-state index contributed by atoms with van der Waals surface area (Å²) in [6.07, 6.45) is 6.58. The van der Waals surface area contributed by atoms with E-state index in [9.17, 15) is 19.5 Å². The van der Waals surface area contributed by atoms with E-state index < -0.39 is 0 Å².